The second-order valence-electron chi connectivity index (χ2n) is 4.11. The van der Waals surface area contributed by atoms with E-state index in [1.165, 1.54) is 6.92 Å². The zero-order valence-corrected chi connectivity index (χ0v) is 11.0. The summed E-state index contributed by atoms with van der Waals surface area (Å²) in [6.45, 7) is 3.48. The number of aryl methyl sites for hydroxylation is 1. The van der Waals surface area contributed by atoms with Crippen LogP contribution in [0, 0.1) is 6.92 Å². The van der Waals surface area contributed by atoms with Gasteiger partial charge in [-0.2, -0.15) is 0 Å². The van der Waals surface area contributed by atoms with Crippen LogP contribution in [0.4, 0.5) is 0 Å². The third-order valence-corrected chi connectivity index (χ3v) is 4.56. The van der Waals surface area contributed by atoms with Crippen molar-refractivity contribution in [2.24, 2.45) is 0 Å². The summed E-state index contributed by atoms with van der Waals surface area (Å²) in [5.74, 6) is 0. The van der Waals surface area contributed by atoms with Crippen molar-refractivity contribution in [1.29, 1.82) is 0 Å². The van der Waals surface area contributed by atoms with Crippen LogP contribution in [0.5, 0.6) is 0 Å². The van der Waals surface area contributed by atoms with E-state index in [9.17, 15) is 8.42 Å². The van der Waals surface area contributed by atoms with Crippen LogP contribution in [0.1, 0.15) is 18.1 Å². The van der Waals surface area contributed by atoms with Crippen molar-refractivity contribution in [3.05, 3.63) is 35.4 Å². The van der Waals surface area contributed by atoms with E-state index in [1.807, 2.05) is 31.2 Å². The van der Waals surface area contributed by atoms with Crippen LogP contribution in [0.15, 0.2) is 24.3 Å². The fraction of sp³-hybridized carbons (Fsp3) is 0.500. The predicted octanol–water partition coefficient (Wildman–Crippen LogP) is 0.838. The molecule has 0 saturated heterocycles. The number of aliphatic hydroxyl groups excluding tert-OH is 1. The average Bonchev–Trinajstić information content (AvgIpc) is 2.30. The lowest BCUT2D eigenvalue weighted by molar-refractivity contribution is 0.295. The summed E-state index contributed by atoms with van der Waals surface area (Å²) in [6.07, 6.45) is 0.657. The lowest BCUT2D eigenvalue weighted by atomic mass is 10.1. The number of sulfonamides is 1. The molecule has 1 rings (SSSR count). The molecule has 96 valence electrons. The molecule has 0 spiro atoms. The highest BCUT2D eigenvalue weighted by Crippen LogP contribution is 2.07. The van der Waals surface area contributed by atoms with E-state index in [-0.39, 0.29) is 6.61 Å². The average molecular weight is 257 g/mol. The molecule has 2 N–H and O–H groups in total. The van der Waals surface area contributed by atoms with Gasteiger partial charge in [-0.25, -0.2) is 13.1 Å². The Bertz CT molecular complexity index is 457. The zero-order valence-electron chi connectivity index (χ0n) is 10.2. The SMILES string of the molecule is Cc1ccccc1CCNS(=O)(=O)C(C)CO. The molecular formula is C12H19NO3S. The zero-order chi connectivity index (χ0) is 12.9. The van der Waals surface area contributed by atoms with E-state index in [4.69, 9.17) is 5.11 Å². The van der Waals surface area contributed by atoms with Gasteiger partial charge in [-0.3, -0.25) is 0 Å². The molecule has 0 fully saturated rings. The Morgan fingerprint density at radius 1 is 1.35 bits per heavy atom. The summed E-state index contributed by atoms with van der Waals surface area (Å²) in [5, 5.41) is 8.05. The first-order valence-corrected chi connectivity index (χ1v) is 7.16. The molecule has 0 bridgehead atoms. The number of hydrogen-bond donors (Lipinski definition) is 2. The molecule has 4 nitrogen and oxygen atoms in total. The Morgan fingerprint density at radius 2 is 2.00 bits per heavy atom. The highest BCUT2D eigenvalue weighted by atomic mass is 32.2. The monoisotopic (exact) mass is 257 g/mol. The number of rotatable bonds is 6. The molecule has 0 radical (unpaired) electrons. The summed E-state index contributed by atoms with van der Waals surface area (Å²) in [4.78, 5) is 0. The Hall–Kier alpha value is -0.910. The van der Waals surface area contributed by atoms with Gasteiger partial charge in [-0.05, 0) is 31.4 Å². The van der Waals surface area contributed by atoms with E-state index in [0.717, 1.165) is 11.1 Å². The number of nitrogens with one attached hydrogen (secondary N) is 1. The summed E-state index contributed by atoms with van der Waals surface area (Å²) in [6, 6.07) is 7.88. The lowest BCUT2D eigenvalue weighted by Gasteiger charge is -2.11. The van der Waals surface area contributed by atoms with Crippen molar-refractivity contribution in [1.82, 2.24) is 4.72 Å². The first-order valence-electron chi connectivity index (χ1n) is 5.61. The van der Waals surface area contributed by atoms with Crippen LogP contribution in [0.3, 0.4) is 0 Å². The summed E-state index contributed by atoms with van der Waals surface area (Å²) >= 11 is 0. The van der Waals surface area contributed by atoms with Crippen LogP contribution in [-0.4, -0.2) is 31.9 Å². The molecular weight excluding hydrogens is 238 g/mol. The maximum atomic E-state index is 11.6. The molecule has 0 amide bonds. The number of aliphatic hydroxyl groups is 1. The number of benzene rings is 1. The summed E-state index contributed by atoms with van der Waals surface area (Å²) in [5.41, 5.74) is 2.29. The van der Waals surface area contributed by atoms with E-state index in [0.29, 0.717) is 13.0 Å². The van der Waals surface area contributed by atoms with Crippen molar-refractivity contribution in [2.45, 2.75) is 25.5 Å². The first-order chi connectivity index (χ1) is 7.97. The maximum Gasteiger partial charge on any atom is 0.216 e. The van der Waals surface area contributed by atoms with Gasteiger partial charge < -0.3 is 5.11 Å². The summed E-state index contributed by atoms with van der Waals surface area (Å²) in [7, 11) is -3.39. The molecule has 17 heavy (non-hydrogen) atoms. The van der Waals surface area contributed by atoms with E-state index >= 15 is 0 Å². The molecule has 0 saturated carbocycles. The minimum atomic E-state index is -3.39. The first kappa shape index (κ1) is 14.2. The van der Waals surface area contributed by atoms with Crippen molar-refractivity contribution in [3.8, 4) is 0 Å². The molecule has 0 aliphatic heterocycles. The van der Waals surface area contributed by atoms with E-state index in [2.05, 4.69) is 4.72 Å². The largest absolute Gasteiger partial charge is 0.395 e. The van der Waals surface area contributed by atoms with Gasteiger partial charge in [0.1, 0.15) is 0 Å². The third-order valence-electron chi connectivity index (χ3n) is 2.75. The summed E-state index contributed by atoms with van der Waals surface area (Å²) < 4.78 is 25.6. The topological polar surface area (TPSA) is 66.4 Å². The van der Waals surface area contributed by atoms with Gasteiger partial charge in [0.2, 0.25) is 10.0 Å². The molecule has 5 heteroatoms. The highest BCUT2D eigenvalue weighted by Gasteiger charge is 2.18. The van der Waals surface area contributed by atoms with Crippen LogP contribution in [0.25, 0.3) is 0 Å². The van der Waals surface area contributed by atoms with Gasteiger partial charge in [-0.15, -0.1) is 0 Å². The predicted molar refractivity (Wildman–Crippen MR) is 68.4 cm³/mol. The van der Waals surface area contributed by atoms with Gasteiger partial charge in [0.05, 0.1) is 11.9 Å². The van der Waals surface area contributed by atoms with Gasteiger partial charge in [0, 0.05) is 6.54 Å². The van der Waals surface area contributed by atoms with Crippen LogP contribution >= 0.6 is 0 Å². The third kappa shape index (κ3) is 4.11. The van der Waals surface area contributed by atoms with Crippen LogP contribution in [-0.2, 0) is 16.4 Å². The van der Waals surface area contributed by atoms with Gasteiger partial charge >= 0.3 is 0 Å². The van der Waals surface area contributed by atoms with Crippen LogP contribution in [0.2, 0.25) is 0 Å². The van der Waals surface area contributed by atoms with Crippen molar-refractivity contribution >= 4 is 10.0 Å². The Labute approximate surface area is 103 Å². The van der Waals surface area contributed by atoms with E-state index < -0.39 is 15.3 Å². The molecule has 1 unspecified atom stereocenters. The van der Waals surface area contributed by atoms with Crippen LogP contribution < -0.4 is 4.72 Å². The minimum absolute atomic E-state index is 0.359. The fourth-order valence-electron chi connectivity index (χ4n) is 1.46. The highest BCUT2D eigenvalue weighted by molar-refractivity contribution is 7.90. The molecule has 1 aromatic carbocycles. The molecule has 0 aromatic heterocycles. The second kappa shape index (κ2) is 6.14. The molecule has 1 aromatic rings. The Kier molecular flexibility index (Phi) is 5.11. The smallest absolute Gasteiger partial charge is 0.216 e. The minimum Gasteiger partial charge on any atom is -0.395 e. The molecule has 0 aliphatic carbocycles. The van der Waals surface area contributed by atoms with Crippen molar-refractivity contribution < 1.29 is 13.5 Å². The quantitative estimate of drug-likeness (QED) is 0.793. The van der Waals surface area contributed by atoms with Gasteiger partial charge in [-0.1, -0.05) is 24.3 Å². The second-order valence-corrected chi connectivity index (χ2v) is 6.29. The van der Waals surface area contributed by atoms with Gasteiger partial charge in [0.25, 0.3) is 0 Å². The van der Waals surface area contributed by atoms with Crippen molar-refractivity contribution in [3.63, 3.8) is 0 Å². The number of hydrogen-bond acceptors (Lipinski definition) is 3. The van der Waals surface area contributed by atoms with E-state index in [1.54, 1.807) is 0 Å². The van der Waals surface area contributed by atoms with Crippen molar-refractivity contribution in [2.75, 3.05) is 13.2 Å². The molecule has 0 aliphatic rings. The Balaban J connectivity index is 2.52. The Morgan fingerprint density at radius 3 is 2.59 bits per heavy atom. The fourth-order valence-corrected chi connectivity index (χ4v) is 2.33. The van der Waals surface area contributed by atoms with Gasteiger partial charge in [0.15, 0.2) is 0 Å². The normalized spacial score (nSPS) is 13.6. The standard InChI is InChI=1S/C12H19NO3S/c1-10-5-3-4-6-12(10)7-8-13-17(15,16)11(2)9-14/h3-6,11,13-14H,7-9H2,1-2H3. The lowest BCUT2D eigenvalue weighted by Crippen LogP contribution is -2.35. The molecule has 0 heterocycles. The maximum absolute atomic E-state index is 11.6. The molecule has 1 atom stereocenters.